The Balaban J connectivity index is 2.01. The normalized spacial score (nSPS) is 11.3. The first-order valence-electron chi connectivity index (χ1n) is 8.13. The minimum absolute atomic E-state index is 0.242. The van der Waals surface area contributed by atoms with Crippen molar-refractivity contribution in [3.8, 4) is 0 Å². The molecule has 0 heterocycles. The molecule has 0 radical (unpaired) electrons. The highest BCUT2D eigenvalue weighted by atomic mass is 16.2. The second-order valence-corrected chi connectivity index (χ2v) is 6.03. The number of amides is 4. The molecule has 136 valence electrons. The number of primary amides is 1. The van der Waals surface area contributed by atoms with Gasteiger partial charge in [0.25, 0.3) is 0 Å². The average Bonchev–Trinajstić information content (AvgIpc) is 2.58. The fraction of sp³-hybridized carbons (Fsp3) is 0.211. The van der Waals surface area contributed by atoms with Crippen molar-refractivity contribution in [3.05, 3.63) is 59.7 Å². The smallest absolute Gasteiger partial charge is 0.312 e. The summed E-state index contributed by atoms with van der Waals surface area (Å²) in [4.78, 5) is 35.8. The van der Waals surface area contributed by atoms with E-state index in [-0.39, 0.29) is 6.42 Å². The number of aryl methyl sites for hydroxylation is 2. The van der Waals surface area contributed by atoms with Crippen LogP contribution in [0.3, 0.4) is 0 Å². The molecule has 2 aromatic carbocycles. The van der Waals surface area contributed by atoms with Gasteiger partial charge in [-0.1, -0.05) is 35.4 Å². The van der Waals surface area contributed by atoms with Crippen molar-refractivity contribution in [3.63, 3.8) is 0 Å². The van der Waals surface area contributed by atoms with E-state index < -0.39 is 23.9 Å². The Kier molecular flexibility index (Phi) is 6.32. The number of benzene rings is 2. The van der Waals surface area contributed by atoms with Gasteiger partial charge in [0.1, 0.15) is 6.04 Å². The molecule has 0 saturated carbocycles. The van der Waals surface area contributed by atoms with E-state index in [0.717, 1.165) is 11.1 Å². The Bertz CT molecular complexity index is 785. The van der Waals surface area contributed by atoms with Crippen LogP contribution in [0.15, 0.2) is 48.5 Å². The summed E-state index contributed by atoms with van der Waals surface area (Å²) in [5, 5.41) is 7.65. The predicted octanol–water partition coefficient (Wildman–Crippen LogP) is 2.31. The van der Waals surface area contributed by atoms with Gasteiger partial charge in [-0.15, -0.1) is 0 Å². The lowest BCUT2D eigenvalue weighted by Gasteiger charge is -2.17. The molecule has 0 spiro atoms. The van der Waals surface area contributed by atoms with Crippen LogP contribution in [0, 0.1) is 13.8 Å². The Morgan fingerprint density at radius 1 is 0.846 bits per heavy atom. The minimum Gasteiger partial charge on any atom is -0.352 e. The maximum atomic E-state index is 12.4. The molecule has 0 aliphatic carbocycles. The maximum absolute atomic E-state index is 12.4. The van der Waals surface area contributed by atoms with Gasteiger partial charge in [-0.2, -0.15) is 0 Å². The van der Waals surface area contributed by atoms with Crippen molar-refractivity contribution in [2.75, 3.05) is 10.6 Å². The molecule has 0 bridgehead atoms. The molecule has 0 unspecified atom stereocenters. The molecule has 26 heavy (non-hydrogen) atoms. The van der Waals surface area contributed by atoms with Gasteiger partial charge in [0.15, 0.2) is 0 Å². The largest absolute Gasteiger partial charge is 0.352 e. The molecule has 5 N–H and O–H groups in total. The zero-order chi connectivity index (χ0) is 19.1. The molecule has 2 rings (SSSR count). The molecule has 7 heteroatoms. The molecule has 1 atom stereocenters. The van der Waals surface area contributed by atoms with E-state index in [1.807, 2.05) is 38.1 Å². The van der Waals surface area contributed by atoms with Gasteiger partial charge in [0, 0.05) is 11.4 Å². The van der Waals surface area contributed by atoms with Crippen LogP contribution in [-0.4, -0.2) is 23.9 Å². The number of rotatable bonds is 6. The van der Waals surface area contributed by atoms with Crippen LogP contribution in [0.2, 0.25) is 0 Å². The monoisotopic (exact) mass is 354 g/mol. The van der Waals surface area contributed by atoms with Crippen molar-refractivity contribution in [1.29, 1.82) is 0 Å². The summed E-state index contributed by atoms with van der Waals surface area (Å²) in [6.45, 7) is 3.87. The summed E-state index contributed by atoms with van der Waals surface area (Å²) < 4.78 is 0. The number of carbonyl (C=O) groups excluding carboxylic acids is 3. The van der Waals surface area contributed by atoms with Crippen LogP contribution in [0.5, 0.6) is 0 Å². The van der Waals surface area contributed by atoms with Crippen molar-refractivity contribution in [2.24, 2.45) is 5.73 Å². The fourth-order valence-electron chi connectivity index (χ4n) is 2.28. The van der Waals surface area contributed by atoms with E-state index in [2.05, 4.69) is 16.0 Å². The third-order valence-corrected chi connectivity index (χ3v) is 3.68. The molecule has 0 aliphatic heterocycles. The van der Waals surface area contributed by atoms with Crippen LogP contribution in [0.1, 0.15) is 17.5 Å². The van der Waals surface area contributed by atoms with Gasteiger partial charge in [-0.25, -0.2) is 4.79 Å². The number of carbonyl (C=O) groups is 3. The van der Waals surface area contributed by atoms with Gasteiger partial charge in [-0.05, 0) is 38.1 Å². The summed E-state index contributed by atoms with van der Waals surface area (Å²) in [7, 11) is 0. The zero-order valence-electron chi connectivity index (χ0n) is 14.7. The highest BCUT2D eigenvalue weighted by molar-refractivity contribution is 6.01. The van der Waals surface area contributed by atoms with Crippen LogP contribution in [0.25, 0.3) is 0 Å². The Morgan fingerprint density at radius 2 is 1.31 bits per heavy atom. The molecule has 0 saturated heterocycles. The number of anilines is 2. The van der Waals surface area contributed by atoms with E-state index in [9.17, 15) is 14.4 Å². The topological polar surface area (TPSA) is 113 Å². The molecule has 0 fully saturated rings. The maximum Gasteiger partial charge on any atom is 0.312 e. The van der Waals surface area contributed by atoms with E-state index in [1.54, 1.807) is 24.3 Å². The van der Waals surface area contributed by atoms with Crippen molar-refractivity contribution in [2.45, 2.75) is 26.3 Å². The number of hydrogen-bond acceptors (Lipinski definition) is 3. The quantitative estimate of drug-likeness (QED) is 0.638. The lowest BCUT2D eigenvalue weighted by Crippen LogP contribution is -2.47. The lowest BCUT2D eigenvalue weighted by atomic mass is 10.1. The average molecular weight is 354 g/mol. The zero-order valence-corrected chi connectivity index (χ0v) is 14.7. The standard InChI is InChI=1S/C19H22N4O3/c1-12-3-7-14(8-4-12)21-17(24)11-16(23-19(20)26)18(25)22-15-9-5-13(2)6-10-15/h3-10,16H,11H2,1-2H3,(H,21,24)(H,22,25)(H3,20,23,26)/t16-/m0/s1. The fourth-order valence-corrected chi connectivity index (χ4v) is 2.28. The SMILES string of the molecule is Cc1ccc(NC(=O)C[C@H](NC(N)=O)C(=O)Nc2ccc(C)cc2)cc1. The van der Waals surface area contributed by atoms with Gasteiger partial charge in [0.05, 0.1) is 6.42 Å². The van der Waals surface area contributed by atoms with Crippen LogP contribution >= 0.6 is 0 Å². The minimum atomic E-state index is -1.08. The molecular weight excluding hydrogens is 332 g/mol. The second-order valence-electron chi connectivity index (χ2n) is 6.03. The molecule has 0 aliphatic rings. The van der Waals surface area contributed by atoms with Gasteiger partial charge >= 0.3 is 6.03 Å². The first-order valence-corrected chi connectivity index (χ1v) is 8.13. The van der Waals surface area contributed by atoms with Gasteiger partial charge in [0.2, 0.25) is 11.8 Å². The molecular formula is C19H22N4O3. The van der Waals surface area contributed by atoms with Crippen molar-refractivity contribution in [1.82, 2.24) is 5.32 Å². The Labute approximate surface area is 152 Å². The summed E-state index contributed by atoms with van der Waals surface area (Å²) >= 11 is 0. The first-order chi connectivity index (χ1) is 12.3. The third kappa shape index (κ3) is 5.94. The molecule has 4 amide bonds. The summed E-state index contributed by atoms with van der Waals surface area (Å²) in [5.41, 5.74) is 8.41. The molecule has 0 aromatic heterocycles. The van der Waals surface area contributed by atoms with E-state index in [4.69, 9.17) is 5.73 Å². The van der Waals surface area contributed by atoms with Gasteiger partial charge in [-0.3, -0.25) is 9.59 Å². The van der Waals surface area contributed by atoms with Gasteiger partial charge < -0.3 is 21.7 Å². The van der Waals surface area contributed by atoms with Crippen molar-refractivity contribution >= 4 is 29.2 Å². The van der Waals surface area contributed by atoms with Crippen LogP contribution in [0.4, 0.5) is 16.2 Å². The Hall–Kier alpha value is -3.35. The number of hydrogen-bond donors (Lipinski definition) is 4. The summed E-state index contributed by atoms with van der Waals surface area (Å²) in [6.07, 6.45) is -0.242. The lowest BCUT2D eigenvalue weighted by molar-refractivity contribution is -0.122. The Morgan fingerprint density at radius 3 is 1.77 bits per heavy atom. The third-order valence-electron chi connectivity index (χ3n) is 3.68. The second kappa shape index (κ2) is 8.66. The molecule has 2 aromatic rings. The highest BCUT2D eigenvalue weighted by Gasteiger charge is 2.23. The van der Waals surface area contributed by atoms with E-state index in [1.165, 1.54) is 0 Å². The predicted molar refractivity (Wildman–Crippen MR) is 101 cm³/mol. The van der Waals surface area contributed by atoms with Crippen LogP contribution in [-0.2, 0) is 9.59 Å². The summed E-state index contributed by atoms with van der Waals surface area (Å²) in [5.74, 6) is -0.932. The first kappa shape index (κ1) is 19.0. The number of nitrogens with one attached hydrogen (secondary N) is 3. The van der Waals surface area contributed by atoms with Crippen LogP contribution < -0.4 is 21.7 Å². The van der Waals surface area contributed by atoms with E-state index in [0.29, 0.717) is 11.4 Å². The van der Waals surface area contributed by atoms with E-state index >= 15 is 0 Å². The highest BCUT2D eigenvalue weighted by Crippen LogP contribution is 2.12. The summed E-state index contributed by atoms with van der Waals surface area (Å²) in [6, 6.07) is 12.4. The van der Waals surface area contributed by atoms with Crippen molar-refractivity contribution < 1.29 is 14.4 Å². The number of urea groups is 1. The molecule has 7 nitrogen and oxygen atoms in total. The number of nitrogens with two attached hydrogens (primary N) is 1.